The number of benzene rings is 1. The van der Waals surface area contributed by atoms with Gasteiger partial charge in [0, 0.05) is 12.8 Å². The molecule has 1 rings (SSSR count). The summed E-state index contributed by atoms with van der Waals surface area (Å²) in [6.07, 6.45) is 1.14. The van der Waals surface area contributed by atoms with Gasteiger partial charge in [-0.15, -0.1) is 0 Å². The molecule has 1 nitrogen and oxygen atoms in total. The van der Waals surface area contributed by atoms with Crippen molar-refractivity contribution in [2.75, 3.05) is 6.67 Å². The highest BCUT2D eigenvalue weighted by atomic mass is 19.1. The first-order valence-corrected chi connectivity index (χ1v) is 4.44. The van der Waals surface area contributed by atoms with Crippen molar-refractivity contribution in [3.8, 4) is 0 Å². The number of carbonyl (C=O) groups is 1. The van der Waals surface area contributed by atoms with Gasteiger partial charge in [0.1, 0.15) is 5.78 Å². The van der Waals surface area contributed by atoms with E-state index in [0.29, 0.717) is 19.3 Å². The van der Waals surface area contributed by atoms with Crippen molar-refractivity contribution in [3.63, 3.8) is 0 Å². The lowest BCUT2D eigenvalue weighted by Gasteiger charge is -1.98. The Balaban J connectivity index is 2.37. The van der Waals surface area contributed by atoms with E-state index in [1.807, 2.05) is 30.3 Å². The number of halogens is 1. The van der Waals surface area contributed by atoms with Gasteiger partial charge in [-0.1, -0.05) is 30.3 Å². The van der Waals surface area contributed by atoms with Crippen LogP contribution in [0, 0.1) is 0 Å². The van der Waals surface area contributed by atoms with Crippen LogP contribution < -0.4 is 0 Å². The maximum atomic E-state index is 11.7. The number of alkyl halides is 1. The summed E-state index contributed by atoms with van der Waals surface area (Å²) >= 11 is 0. The van der Waals surface area contributed by atoms with Gasteiger partial charge < -0.3 is 0 Å². The zero-order valence-electron chi connectivity index (χ0n) is 7.50. The fourth-order valence-electron chi connectivity index (χ4n) is 1.18. The van der Waals surface area contributed by atoms with Gasteiger partial charge in [0.05, 0.1) is 6.67 Å². The van der Waals surface area contributed by atoms with Gasteiger partial charge >= 0.3 is 0 Å². The van der Waals surface area contributed by atoms with E-state index in [1.165, 1.54) is 0 Å². The molecule has 0 saturated carbocycles. The molecule has 0 aliphatic heterocycles. The summed E-state index contributed by atoms with van der Waals surface area (Å²) in [6.45, 7) is -0.402. The van der Waals surface area contributed by atoms with Crippen molar-refractivity contribution < 1.29 is 9.18 Å². The van der Waals surface area contributed by atoms with Crippen LogP contribution in [0.1, 0.15) is 18.4 Å². The molecule has 0 amide bonds. The summed E-state index contributed by atoms with van der Waals surface area (Å²) in [5.41, 5.74) is 1.01. The van der Waals surface area contributed by atoms with Crippen molar-refractivity contribution >= 4 is 5.78 Å². The molecule has 0 atom stereocenters. The summed E-state index contributed by atoms with van der Waals surface area (Å²) in [6, 6.07) is 9.53. The molecule has 0 N–H and O–H groups in total. The van der Waals surface area contributed by atoms with E-state index in [2.05, 4.69) is 0 Å². The first-order chi connectivity index (χ1) is 6.33. The number of Topliss-reactive ketones (excluding diaryl/α,β-unsaturated/α-hetero) is 1. The van der Waals surface area contributed by atoms with Crippen LogP contribution in [0.5, 0.6) is 0 Å². The molecule has 0 aliphatic rings. The van der Waals surface area contributed by atoms with E-state index in [4.69, 9.17) is 0 Å². The van der Waals surface area contributed by atoms with Gasteiger partial charge in [-0.2, -0.15) is 0 Å². The minimum atomic E-state index is -0.402. The molecule has 0 aromatic heterocycles. The lowest BCUT2D eigenvalue weighted by molar-refractivity contribution is -0.118. The third kappa shape index (κ3) is 3.83. The Kier molecular flexibility index (Phi) is 4.16. The Labute approximate surface area is 77.6 Å². The number of hydrogen-bond acceptors (Lipinski definition) is 1. The fourth-order valence-corrected chi connectivity index (χ4v) is 1.18. The highest BCUT2D eigenvalue weighted by molar-refractivity contribution is 5.80. The van der Waals surface area contributed by atoms with Gasteiger partial charge in [0.2, 0.25) is 0 Å². The molecular weight excluding hydrogens is 167 g/mol. The van der Waals surface area contributed by atoms with Gasteiger partial charge in [0.25, 0.3) is 0 Å². The maximum Gasteiger partial charge on any atom is 0.137 e. The lowest BCUT2D eigenvalue weighted by Crippen LogP contribution is -2.02. The van der Waals surface area contributed by atoms with Gasteiger partial charge in [-0.05, 0) is 12.0 Å². The smallest absolute Gasteiger partial charge is 0.137 e. The van der Waals surface area contributed by atoms with Crippen LogP contribution in [0.2, 0.25) is 0 Å². The third-order valence-electron chi connectivity index (χ3n) is 1.83. The quantitative estimate of drug-likeness (QED) is 0.680. The Bertz CT molecular complexity index is 256. The molecule has 0 heterocycles. The summed E-state index contributed by atoms with van der Waals surface area (Å²) in [4.78, 5) is 11.2. The lowest BCUT2D eigenvalue weighted by atomic mass is 10.1. The molecule has 70 valence electrons. The summed E-state index contributed by atoms with van der Waals surface area (Å²) in [5, 5.41) is 0. The second kappa shape index (κ2) is 5.46. The Morgan fingerprint density at radius 2 is 1.92 bits per heavy atom. The highest BCUT2D eigenvalue weighted by Gasteiger charge is 2.02. The van der Waals surface area contributed by atoms with Crippen LogP contribution in [-0.4, -0.2) is 12.5 Å². The van der Waals surface area contributed by atoms with Crippen LogP contribution in [-0.2, 0) is 11.2 Å². The van der Waals surface area contributed by atoms with Gasteiger partial charge in [0.15, 0.2) is 0 Å². The van der Waals surface area contributed by atoms with Crippen LogP contribution in [0.25, 0.3) is 0 Å². The van der Waals surface area contributed by atoms with E-state index >= 15 is 0 Å². The zero-order valence-corrected chi connectivity index (χ0v) is 7.50. The second-order valence-electron chi connectivity index (χ2n) is 2.99. The standard InChI is InChI=1S/C11H13FO/c12-8-4-7-11(13)9-10-5-2-1-3-6-10/h1-3,5-6H,4,7-9H2. The fraction of sp³-hybridized carbons (Fsp3) is 0.364. The second-order valence-corrected chi connectivity index (χ2v) is 2.99. The predicted molar refractivity (Wildman–Crippen MR) is 50.4 cm³/mol. The third-order valence-corrected chi connectivity index (χ3v) is 1.83. The zero-order chi connectivity index (χ0) is 9.52. The van der Waals surface area contributed by atoms with Crippen molar-refractivity contribution in [2.45, 2.75) is 19.3 Å². The monoisotopic (exact) mass is 180 g/mol. The molecule has 0 unspecified atom stereocenters. The van der Waals surface area contributed by atoms with Gasteiger partial charge in [-0.3, -0.25) is 9.18 Å². The minimum Gasteiger partial charge on any atom is -0.299 e. The van der Waals surface area contributed by atoms with Crippen LogP contribution in [0.4, 0.5) is 4.39 Å². The Morgan fingerprint density at radius 1 is 1.23 bits per heavy atom. The van der Waals surface area contributed by atoms with E-state index < -0.39 is 6.67 Å². The van der Waals surface area contributed by atoms with Gasteiger partial charge in [-0.25, -0.2) is 0 Å². The normalized spacial score (nSPS) is 9.92. The van der Waals surface area contributed by atoms with Crippen LogP contribution in [0.3, 0.4) is 0 Å². The Hall–Kier alpha value is -1.18. The summed E-state index contributed by atoms with van der Waals surface area (Å²) in [7, 11) is 0. The molecule has 1 aromatic rings. The van der Waals surface area contributed by atoms with E-state index in [9.17, 15) is 9.18 Å². The summed E-state index contributed by atoms with van der Waals surface area (Å²) < 4.78 is 11.7. The first-order valence-electron chi connectivity index (χ1n) is 4.44. The summed E-state index contributed by atoms with van der Waals surface area (Å²) in [5.74, 6) is 0.115. The van der Waals surface area contributed by atoms with Crippen molar-refractivity contribution in [3.05, 3.63) is 35.9 Å². The minimum absolute atomic E-state index is 0.115. The molecule has 0 fully saturated rings. The Morgan fingerprint density at radius 3 is 2.54 bits per heavy atom. The molecular formula is C11H13FO. The van der Waals surface area contributed by atoms with Crippen LogP contribution >= 0.6 is 0 Å². The molecule has 0 saturated heterocycles. The molecule has 0 aliphatic carbocycles. The van der Waals surface area contributed by atoms with Crippen molar-refractivity contribution in [1.29, 1.82) is 0 Å². The molecule has 13 heavy (non-hydrogen) atoms. The van der Waals surface area contributed by atoms with Crippen LogP contribution in [0.15, 0.2) is 30.3 Å². The highest BCUT2D eigenvalue weighted by Crippen LogP contribution is 2.03. The average molecular weight is 180 g/mol. The number of rotatable bonds is 5. The van der Waals surface area contributed by atoms with E-state index in [1.54, 1.807) is 0 Å². The number of hydrogen-bond donors (Lipinski definition) is 0. The molecule has 0 spiro atoms. The number of carbonyl (C=O) groups excluding carboxylic acids is 1. The topological polar surface area (TPSA) is 17.1 Å². The maximum absolute atomic E-state index is 11.7. The number of ketones is 1. The van der Waals surface area contributed by atoms with E-state index in [0.717, 1.165) is 5.56 Å². The molecule has 1 aromatic carbocycles. The van der Waals surface area contributed by atoms with E-state index in [-0.39, 0.29) is 5.78 Å². The van der Waals surface area contributed by atoms with Crippen molar-refractivity contribution in [1.82, 2.24) is 0 Å². The molecule has 0 radical (unpaired) electrons. The first kappa shape index (κ1) is 9.90. The largest absolute Gasteiger partial charge is 0.299 e. The average Bonchev–Trinajstić information content (AvgIpc) is 2.16. The molecule has 2 heteroatoms. The SMILES string of the molecule is O=C(CCCF)Cc1ccccc1. The predicted octanol–water partition coefficient (Wildman–Crippen LogP) is 2.55. The van der Waals surface area contributed by atoms with Crippen molar-refractivity contribution in [2.24, 2.45) is 0 Å². The molecule has 0 bridgehead atoms.